The van der Waals surface area contributed by atoms with Crippen LogP contribution in [0.4, 0.5) is 16.2 Å². The highest BCUT2D eigenvalue weighted by atomic mass is 79.9. The zero-order valence-corrected chi connectivity index (χ0v) is 24.3. The first-order valence-corrected chi connectivity index (χ1v) is 13.4. The van der Waals surface area contributed by atoms with Gasteiger partial charge in [0, 0.05) is 5.02 Å². The van der Waals surface area contributed by atoms with Gasteiger partial charge in [-0.05, 0) is 83.4 Å². The molecule has 3 aromatic carbocycles. The standard InChI is InChI=1S/C28H22BrCl2N3O6/c1-3-39-23-12-16(11-19(29)25(23)40-14-24(35)32-22-7-5-4-6-20(22)30)10-18-26(36)33-28(38)34(27(18)37)17-9-8-15(2)21(31)13-17/h4-13H,3,14H2,1-2H3,(H,32,35)(H,33,36,38)/b18-10+. The second kappa shape index (κ2) is 12.5. The van der Waals surface area contributed by atoms with Crippen molar-refractivity contribution in [1.29, 1.82) is 0 Å². The van der Waals surface area contributed by atoms with E-state index in [2.05, 4.69) is 26.6 Å². The molecule has 1 saturated heterocycles. The lowest BCUT2D eigenvalue weighted by Gasteiger charge is -2.26. The van der Waals surface area contributed by atoms with Gasteiger partial charge in [-0.15, -0.1) is 0 Å². The smallest absolute Gasteiger partial charge is 0.335 e. The van der Waals surface area contributed by atoms with E-state index >= 15 is 0 Å². The number of ether oxygens (including phenoxy) is 2. The molecule has 12 heteroatoms. The van der Waals surface area contributed by atoms with E-state index in [0.717, 1.165) is 10.5 Å². The molecule has 206 valence electrons. The number of nitrogens with one attached hydrogen (secondary N) is 2. The summed E-state index contributed by atoms with van der Waals surface area (Å²) < 4.78 is 11.8. The Morgan fingerprint density at radius 2 is 1.80 bits per heavy atom. The molecular formula is C28H22BrCl2N3O6. The Morgan fingerprint density at radius 1 is 1.05 bits per heavy atom. The summed E-state index contributed by atoms with van der Waals surface area (Å²) in [5.74, 6) is -1.62. The van der Waals surface area contributed by atoms with Gasteiger partial charge in [-0.1, -0.05) is 41.4 Å². The number of hydrogen-bond donors (Lipinski definition) is 2. The minimum Gasteiger partial charge on any atom is -0.490 e. The average Bonchev–Trinajstić information content (AvgIpc) is 2.89. The summed E-state index contributed by atoms with van der Waals surface area (Å²) in [6, 6.07) is 13.7. The van der Waals surface area contributed by atoms with E-state index in [4.69, 9.17) is 32.7 Å². The third-order valence-electron chi connectivity index (χ3n) is 5.65. The van der Waals surface area contributed by atoms with Gasteiger partial charge in [0.05, 0.1) is 27.5 Å². The first-order valence-electron chi connectivity index (χ1n) is 11.9. The first kappa shape index (κ1) is 29.1. The highest BCUT2D eigenvalue weighted by molar-refractivity contribution is 9.10. The van der Waals surface area contributed by atoms with Crippen molar-refractivity contribution < 1.29 is 28.7 Å². The summed E-state index contributed by atoms with van der Waals surface area (Å²) in [7, 11) is 0. The minimum atomic E-state index is -0.887. The van der Waals surface area contributed by atoms with Crippen LogP contribution in [0.25, 0.3) is 6.08 Å². The maximum Gasteiger partial charge on any atom is 0.335 e. The lowest BCUT2D eigenvalue weighted by molar-refractivity contribution is -0.122. The molecule has 2 N–H and O–H groups in total. The Bertz CT molecular complexity index is 1560. The van der Waals surface area contributed by atoms with Crippen LogP contribution in [0.3, 0.4) is 0 Å². The van der Waals surface area contributed by atoms with Crippen molar-refractivity contribution in [2.45, 2.75) is 13.8 Å². The molecule has 1 aliphatic heterocycles. The third kappa shape index (κ3) is 6.47. The number of amides is 5. The molecule has 0 bridgehead atoms. The fourth-order valence-corrected chi connectivity index (χ4v) is 4.67. The van der Waals surface area contributed by atoms with Gasteiger partial charge < -0.3 is 14.8 Å². The Labute approximate surface area is 248 Å². The van der Waals surface area contributed by atoms with Gasteiger partial charge in [0.25, 0.3) is 17.7 Å². The normalized spacial score (nSPS) is 14.3. The lowest BCUT2D eigenvalue weighted by Crippen LogP contribution is -2.54. The van der Waals surface area contributed by atoms with E-state index in [-0.39, 0.29) is 36.0 Å². The van der Waals surface area contributed by atoms with Crippen LogP contribution in [-0.2, 0) is 14.4 Å². The number of benzene rings is 3. The van der Waals surface area contributed by atoms with Crippen molar-refractivity contribution in [3.63, 3.8) is 0 Å². The van der Waals surface area contributed by atoms with Gasteiger partial charge in [-0.2, -0.15) is 0 Å². The molecule has 9 nitrogen and oxygen atoms in total. The summed E-state index contributed by atoms with van der Waals surface area (Å²) in [5.41, 5.74) is 1.54. The molecule has 0 saturated carbocycles. The van der Waals surface area contributed by atoms with Gasteiger partial charge in [0.15, 0.2) is 18.1 Å². The van der Waals surface area contributed by atoms with Crippen molar-refractivity contribution in [1.82, 2.24) is 5.32 Å². The number of halogens is 3. The predicted octanol–water partition coefficient (Wildman–Crippen LogP) is 6.15. The van der Waals surface area contributed by atoms with Crippen molar-refractivity contribution in [2.24, 2.45) is 0 Å². The second-order valence-corrected chi connectivity index (χ2v) is 10.1. The van der Waals surface area contributed by atoms with E-state index in [1.807, 2.05) is 0 Å². The maximum atomic E-state index is 13.3. The van der Waals surface area contributed by atoms with E-state index in [0.29, 0.717) is 25.8 Å². The quantitative estimate of drug-likeness (QED) is 0.224. The highest BCUT2D eigenvalue weighted by Gasteiger charge is 2.37. The van der Waals surface area contributed by atoms with Crippen LogP contribution in [0.15, 0.2) is 64.6 Å². The topological polar surface area (TPSA) is 114 Å². The van der Waals surface area contributed by atoms with Crippen molar-refractivity contribution in [2.75, 3.05) is 23.4 Å². The Kier molecular flexibility index (Phi) is 9.14. The fraction of sp³-hybridized carbons (Fsp3) is 0.143. The van der Waals surface area contributed by atoms with Crippen LogP contribution in [-0.4, -0.2) is 37.0 Å². The Hall–Kier alpha value is -3.86. The molecule has 0 unspecified atom stereocenters. The molecule has 1 aliphatic rings. The number of para-hydroxylation sites is 1. The molecule has 3 aromatic rings. The number of aryl methyl sites for hydroxylation is 1. The lowest BCUT2D eigenvalue weighted by atomic mass is 10.1. The number of rotatable bonds is 8. The molecule has 0 spiro atoms. The SMILES string of the molecule is CCOc1cc(/C=C2\C(=O)NC(=O)N(c3ccc(C)c(Cl)c3)C2=O)cc(Br)c1OCC(=O)Nc1ccccc1Cl. The van der Waals surface area contributed by atoms with Gasteiger partial charge >= 0.3 is 6.03 Å². The number of barbiturate groups is 1. The summed E-state index contributed by atoms with van der Waals surface area (Å²) in [6.07, 6.45) is 1.33. The predicted molar refractivity (Wildman–Crippen MR) is 156 cm³/mol. The van der Waals surface area contributed by atoms with Gasteiger partial charge in [0.1, 0.15) is 5.57 Å². The molecule has 40 heavy (non-hydrogen) atoms. The largest absolute Gasteiger partial charge is 0.490 e. The molecule has 4 rings (SSSR count). The molecule has 0 aliphatic carbocycles. The van der Waals surface area contributed by atoms with E-state index < -0.39 is 23.8 Å². The molecule has 0 aromatic heterocycles. The van der Waals surface area contributed by atoms with Crippen molar-refractivity contribution >= 4 is 80.3 Å². The molecular weight excluding hydrogens is 625 g/mol. The molecule has 0 atom stereocenters. The van der Waals surface area contributed by atoms with E-state index in [9.17, 15) is 19.2 Å². The molecule has 5 amide bonds. The Morgan fingerprint density at radius 3 is 2.50 bits per heavy atom. The molecule has 0 radical (unpaired) electrons. The number of hydrogen-bond acceptors (Lipinski definition) is 6. The van der Waals surface area contributed by atoms with Crippen LogP contribution in [0.5, 0.6) is 11.5 Å². The maximum absolute atomic E-state index is 13.3. The number of anilines is 2. The van der Waals surface area contributed by atoms with Crippen molar-refractivity contribution in [3.8, 4) is 11.5 Å². The minimum absolute atomic E-state index is 0.214. The average molecular weight is 647 g/mol. The van der Waals surface area contributed by atoms with Crippen LogP contribution in [0, 0.1) is 6.92 Å². The zero-order valence-electron chi connectivity index (χ0n) is 21.2. The number of carbonyl (C=O) groups excluding carboxylic acids is 4. The van der Waals surface area contributed by atoms with Crippen LogP contribution in [0.2, 0.25) is 10.0 Å². The summed E-state index contributed by atoms with van der Waals surface area (Å²) in [6.45, 7) is 3.47. The summed E-state index contributed by atoms with van der Waals surface area (Å²) in [4.78, 5) is 51.7. The molecule has 1 fully saturated rings. The second-order valence-electron chi connectivity index (χ2n) is 8.47. The highest BCUT2D eigenvalue weighted by Crippen LogP contribution is 2.38. The number of carbonyl (C=O) groups is 4. The Balaban J connectivity index is 1.59. The zero-order chi connectivity index (χ0) is 29.0. The monoisotopic (exact) mass is 645 g/mol. The van der Waals surface area contributed by atoms with Crippen LogP contribution in [0.1, 0.15) is 18.1 Å². The number of urea groups is 1. The van der Waals surface area contributed by atoms with Gasteiger partial charge in [-0.3, -0.25) is 19.7 Å². The third-order valence-corrected chi connectivity index (χ3v) is 6.98. The van der Waals surface area contributed by atoms with Crippen molar-refractivity contribution in [3.05, 3.63) is 85.8 Å². The number of imide groups is 2. The number of nitrogens with zero attached hydrogens (tertiary/aromatic N) is 1. The summed E-state index contributed by atoms with van der Waals surface area (Å²) >= 11 is 15.7. The molecule has 1 heterocycles. The first-order chi connectivity index (χ1) is 19.1. The fourth-order valence-electron chi connectivity index (χ4n) is 3.74. The van der Waals surface area contributed by atoms with Gasteiger partial charge in [0.2, 0.25) is 0 Å². The van der Waals surface area contributed by atoms with Gasteiger partial charge in [-0.25, -0.2) is 9.69 Å². The summed E-state index contributed by atoms with van der Waals surface area (Å²) in [5, 5.41) is 5.60. The van der Waals surface area contributed by atoms with Crippen LogP contribution < -0.4 is 25.0 Å². The van der Waals surface area contributed by atoms with E-state index in [1.54, 1.807) is 62.4 Å². The van der Waals surface area contributed by atoms with E-state index in [1.165, 1.54) is 12.1 Å². The van der Waals surface area contributed by atoms with Crippen LogP contribution >= 0.6 is 39.1 Å².